The number of fused-ring (bicyclic) bond motifs is 4. The van der Waals surface area contributed by atoms with E-state index in [1.807, 2.05) is 11.0 Å². The monoisotopic (exact) mass is 343 g/mol. The average Bonchev–Trinajstić information content (AvgIpc) is 2.88. The minimum absolute atomic E-state index is 0.0107. The third-order valence-electron chi connectivity index (χ3n) is 5.46. The Labute approximate surface area is 150 Å². The van der Waals surface area contributed by atoms with Crippen molar-refractivity contribution < 1.29 is 9.59 Å². The fourth-order valence-electron chi connectivity index (χ4n) is 3.96. The van der Waals surface area contributed by atoms with Crippen LogP contribution in [0.15, 0.2) is 30.3 Å². The van der Waals surface area contributed by atoms with Crippen molar-refractivity contribution in [3.8, 4) is 0 Å². The van der Waals surface area contributed by atoms with Crippen LogP contribution in [0.2, 0.25) is 0 Å². The molecule has 0 spiro atoms. The number of aryl methyl sites for hydroxylation is 1. The van der Waals surface area contributed by atoms with E-state index in [1.165, 1.54) is 5.56 Å². The number of amides is 2. The molecule has 0 aliphatic carbocycles. The Kier molecular flexibility index (Phi) is 5.74. The molecule has 3 aliphatic rings. The summed E-state index contributed by atoms with van der Waals surface area (Å²) in [6.45, 7) is 2.99. The Hall–Kier alpha value is -1.88. The third kappa shape index (κ3) is 4.40. The summed E-state index contributed by atoms with van der Waals surface area (Å²) in [5, 5.41) is 0. The van der Waals surface area contributed by atoms with Crippen molar-refractivity contribution in [2.24, 2.45) is 5.92 Å². The molecule has 3 heterocycles. The number of hydrogen-bond acceptors (Lipinski definition) is 3. The van der Waals surface area contributed by atoms with Crippen molar-refractivity contribution in [3.63, 3.8) is 0 Å². The predicted octanol–water partition coefficient (Wildman–Crippen LogP) is 1.63. The summed E-state index contributed by atoms with van der Waals surface area (Å²) in [7, 11) is 3.50. The smallest absolute Gasteiger partial charge is 0.241 e. The molecule has 0 aromatic heterocycles. The van der Waals surface area contributed by atoms with Crippen LogP contribution < -0.4 is 0 Å². The first-order valence-corrected chi connectivity index (χ1v) is 9.31. The quantitative estimate of drug-likeness (QED) is 0.789. The van der Waals surface area contributed by atoms with Gasteiger partial charge in [0, 0.05) is 33.2 Å². The van der Waals surface area contributed by atoms with E-state index in [0.29, 0.717) is 0 Å². The maximum Gasteiger partial charge on any atom is 0.241 e. The van der Waals surface area contributed by atoms with E-state index < -0.39 is 0 Å². The van der Waals surface area contributed by atoms with Crippen molar-refractivity contribution in [3.05, 3.63) is 35.9 Å². The zero-order valence-electron chi connectivity index (χ0n) is 15.4. The van der Waals surface area contributed by atoms with Gasteiger partial charge in [0.2, 0.25) is 11.8 Å². The number of carbonyl (C=O) groups is 2. The Morgan fingerprint density at radius 1 is 1.16 bits per heavy atom. The second kappa shape index (κ2) is 8.00. The molecule has 1 aromatic carbocycles. The molecule has 25 heavy (non-hydrogen) atoms. The fraction of sp³-hybridized carbons (Fsp3) is 0.600. The zero-order chi connectivity index (χ0) is 17.8. The molecule has 3 fully saturated rings. The van der Waals surface area contributed by atoms with Crippen LogP contribution in [0.25, 0.3) is 0 Å². The molecule has 5 nitrogen and oxygen atoms in total. The molecular formula is C20H29N3O2. The fourth-order valence-corrected chi connectivity index (χ4v) is 3.96. The first-order valence-electron chi connectivity index (χ1n) is 9.31. The summed E-state index contributed by atoms with van der Waals surface area (Å²) in [4.78, 5) is 30.7. The van der Waals surface area contributed by atoms with Gasteiger partial charge in [-0.25, -0.2) is 0 Å². The molecule has 3 saturated heterocycles. The van der Waals surface area contributed by atoms with Crippen molar-refractivity contribution in [1.29, 1.82) is 0 Å². The lowest BCUT2D eigenvalue weighted by Crippen LogP contribution is -2.51. The van der Waals surface area contributed by atoms with Crippen molar-refractivity contribution in [2.45, 2.75) is 31.7 Å². The van der Waals surface area contributed by atoms with E-state index >= 15 is 0 Å². The summed E-state index contributed by atoms with van der Waals surface area (Å²) >= 11 is 0. The van der Waals surface area contributed by atoms with Crippen molar-refractivity contribution >= 4 is 11.8 Å². The minimum atomic E-state index is 0.0107. The minimum Gasteiger partial charge on any atom is -0.347 e. The summed E-state index contributed by atoms with van der Waals surface area (Å²) < 4.78 is 0. The van der Waals surface area contributed by atoms with Crippen LogP contribution in [-0.4, -0.2) is 72.8 Å². The zero-order valence-corrected chi connectivity index (χ0v) is 15.4. The van der Waals surface area contributed by atoms with Crippen LogP contribution in [0, 0.1) is 5.92 Å². The average molecular weight is 343 g/mol. The molecule has 0 radical (unpaired) electrons. The number of rotatable bonds is 6. The molecule has 2 bridgehead atoms. The van der Waals surface area contributed by atoms with E-state index in [2.05, 4.69) is 29.2 Å². The highest BCUT2D eigenvalue weighted by atomic mass is 16.2. The van der Waals surface area contributed by atoms with Crippen LogP contribution in [0.4, 0.5) is 0 Å². The van der Waals surface area contributed by atoms with E-state index in [1.54, 1.807) is 19.0 Å². The molecule has 3 aliphatic heterocycles. The lowest BCUT2D eigenvalue weighted by molar-refractivity contribution is -0.145. The van der Waals surface area contributed by atoms with Gasteiger partial charge in [-0.05, 0) is 37.8 Å². The Bertz CT molecular complexity index is 602. The SMILES string of the molecule is CN(C)C(=O)CN1C(=O)[C@H]2CC[C@@H]1CN(CCCc1ccccc1)C2. The molecule has 5 heteroatoms. The lowest BCUT2D eigenvalue weighted by Gasteiger charge is -2.36. The molecular weight excluding hydrogens is 314 g/mol. The van der Waals surface area contributed by atoms with Gasteiger partial charge >= 0.3 is 0 Å². The standard InChI is InChI=1S/C20H29N3O2/c1-21(2)19(24)15-23-18-11-10-17(20(23)25)13-22(14-18)12-6-9-16-7-4-3-5-8-16/h3-5,7-8,17-18H,6,9-15H2,1-2H3/t17-,18+/m0/s1. The summed E-state index contributed by atoms with van der Waals surface area (Å²) in [5.74, 6) is 0.249. The molecule has 4 rings (SSSR count). The maximum absolute atomic E-state index is 12.7. The van der Waals surface area contributed by atoms with Crippen LogP contribution in [0.3, 0.4) is 0 Å². The number of likely N-dealkylation sites (N-methyl/N-ethyl adjacent to an activating group) is 1. The molecule has 0 N–H and O–H groups in total. The number of nitrogens with zero attached hydrogens (tertiary/aromatic N) is 3. The number of piperidine rings is 1. The van der Waals surface area contributed by atoms with Gasteiger partial charge in [-0.1, -0.05) is 30.3 Å². The van der Waals surface area contributed by atoms with Crippen LogP contribution >= 0.6 is 0 Å². The number of carbonyl (C=O) groups excluding carboxylic acids is 2. The van der Waals surface area contributed by atoms with Crippen LogP contribution in [-0.2, 0) is 16.0 Å². The first kappa shape index (κ1) is 17.9. The normalized spacial score (nSPS) is 23.6. The molecule has 2 atom stereocenters. The number of benzene rings is 1. The van der Waals surface area contributed by atoms with Gasteiger partial charge in [-0.3, -0.25) is 9.59 Å². The third-order valence-corrected chi connectivity index (χ3v) is 5.46. The summed E-state index contributed by atoms with van der Waals surface area (Å²) in [6.07, 6.45) is 4.16. The molecule has 0 unspecified atom stereocenters. The highest BCUT2D eigenvalue weighted by Gasteiger charge is 2.41. The van der Waals surface area contributed by atoms with Crippen LogP contribution in [0.1, 0.15) is 24.8 Å². The first-order chi connectivity index (χ1) is 12.0. The Morgan fingerprint density at radius 3 is 2.64 bits per heavy atom. The van der Waals surface area contributed by atoms with Crippen molar-refractivity contribution in [1.82, 2.24) is 14.7 Å². The largest absolute Gasteiger partial charge is 0.347 e. The van der Waals surface area contributed by atoms with Gasteiger partial charge in [0.15, 0.2) is 0 Å². The predicted molar refractivity (Wildman–Crippen MR) is 98.1 cm³/mol. The second-order valence-corrected chi connectivity index (χ2v) is 7.53. The van der Waals surface area contributed by atoms with E-state index in [4.69, 9.17) is 0 Å². The van der Waals surface area contributed by atoms with E-state index in [0.717, 1.165) is 45.3 Å². The van der Waals surface area contributed by atoms with Gasteiger partial charge in [0.05, 0.1) is 5.92 Å². The van der Waals surface area contributed by atoms with Gasteiger partial charge < -0.3 is 14.7 Å². The molecule has 136 valence electrons. The van der Waals surface area contributed by atoms with Gasteiger partial charge in [-0.15, -0.1) is 0 Å². The Balaban J connectivity index is 1.57. The lowest BCUT2D eigenvalue weighted by atomic mass is 9.94. The molecule has 0 saturated carbocycles. The van der Waals surface area contributed by atoms with Gasteiger partial charge in [-0.2, -0.15) is 0 Å². The maximum atomic E-state index is 12.7. The Morgan fingerprint density at radius 2 is 1.92 bits per heavy atom. The van der Waals surface area contributed by atoms with Crippen molar-refractivity contribution in [2.75, 3.05) is 40.3 Å². The summed E-state index contributed by atoms with van der Waals surface area (Å²) in [6, 6.07) is 10.7. The second-order valence-electron chi connectivity index (χ2n) is 7.53. The van der Waals surface area contributed by atoms with E-state index in [9.17, 15) is 9.59 Å². The molecule has 1 aromatic rings. The topological polar surface area (TPSA) is 43.9 Å². The molecule has 2 amide bonds. The van der Waals surface area contributed by atoms with Gasteiger partial charge in [0.1, 0.15) is 6.54 Å². The highest BCUT2D eigenvalue weighted by Crippen LogP contribution is 2.29. The van der Waals surface area contributed by atoms with Crippen LogP contribution in [0.5, 0.6) is 0 Å². The van der Waals surface area contributed by atoms with E-state index in [-0.39, 0.29) is 30.3 Å². The summed E-state index contributed by atoms with van der Waals surface area (Å²) in [5.41, 5.74) is 1.37. The number of hydrogen-bond donors (Lipinski definition) is 0. The highest BCUT2D eigenvalue weighted by molar-refractivity contribution is 5.86. The van der Waals surface area contributed by atoms with Gasteiger partial charge in [0.25, 0.3) is 0 Å².